The van der Waals surface area contributed by atoms with Crippen molar-refractivity contribution in [3.63, 3.8) is 0 Å². The standard InChI is InChI=1S/C10H19NO/c1-9-3-2-5-11(7-9)10-4-6-12-8-10/h9-10H,2-8H2,1H3/t9?,10-/m1/s1. The fourth-order valence-corrected chi connectivity index (χ4v) is 2.37. The molecule has 12 heavy (non-hydrogen) atoms. The van der Waals surface area contributed by atoms with Crippen molar-refractivity contribution in [1.82, 2.24) is 4.90 Å². The third kappa shape index (κ3) is 1.80. The van der Waals surface area contributed by atoms with Crippen LogP contribution < -0.4 is 0 Å². The molecule has 2 rings (SSSR count). The first kappa shape index (κ1) is 8.52. The summed E-state index contributed by atoms with van der Waals surface area (Å²) in [6, 6.07) is 0.743. The molecule has 2 heteroatoms. The molecule has 0 radical (unpaired) electrons. The topological polar surface area (TPSA) is 12.5 Å². The molecule has 0 aromatic carbocycles. The molecule has 2 atom stereocenters. The average Bonchev–Trinajstić information content (AvgIpc) is 2.56. The second-order valence-electron chi connectivity index (χ2n) is 4.26. The smallest absolute Gasteiger partial charge is 0.0622 e. The van der Waals surface area contributed by atoms with Crippen molar-refractivity contribution in [1.29, 1.82) is 0 Å². The van der Waals surface area contributed by atoms with Gasteiger partial charge in [-0.15, -0.1) is 0 Å². The molecule has 2 saturated heterocycles. The number of hydrogen-bond donors (Lipinski definition) is 0. The fraction of sp³-hybridized carbons (Fsp3) is 1.00. The summed E-state index contributed by atoms with van der Waals surface area (Å²) < 4.78 is 5.40. The zero-order valence-electron chi connectivity index (χ0n) is 7.96. The highest BCUT2D eigenvalue weighted by atomic mass is 16.5. The highest BCUT2D eigenvalue weighted by Crippen LogP contribution is 2.21. The lowest BCUT2D eigenvalue weighted by atomic mass is 9.98. The summed E-state index contributed by atoms with van der Waals surface area (Å²) in [6.45, 7) is 6.93. The monoisotopic (exact) mass is 169 g/mol. The van der Waals surface area contributed by atoms with Crippen LogP contribution in [0.15, 0.2) is 0 Å². The van der Waals surface area contributed by atoms with Gasteiger partial charge in [0.05, 0.1) is 6.61 Å². The van der Waals surface area contributed by atoms with Gasteiger partial charge in [-0.1, -0.05) is 6.92 Å². The Labute approximate surface area is 74.9 Å². The Kier molecular flexibility index (Phi) is 2.66. The molecule has 2 nitrogen and oxygen atoms in total. The van der Waals surface area contributed by atoms with Gasteiger partial charge < -0.3 is 4.74 Å². The van der Waals surface area contributed by atoms with Crippen LogP contribution in [-0.4, -0.2) is 37.2 Å². The van der Waals surface area contributed by atoms with Crippen molar-refractivity contribution < 1.29 is 4.74 Å². The summed E-state index contributed by atoms with van der Waals surface area (Å²) in [6.07, 6.45) is 4.06. The van der Waals surface area contributed by atoms with Crippen molar-refractivity contribution >= 4 is 0 Å². The third-order valence-electron chi connectivity index (χ3n) is 3.11. The minimum atomic E-state index is 0.743. The van der Waals surface area contributed by atoms with E-state index in [2.05, 4.69) is 11.8 Å². The summed E-state index contributed by atoms with van der Waals surface area (Å²) in [4.78, 5) is 2.63. The van der Waals surface area contributed by atoms with Gasteiger partial charge in [0.25, 0.3) is 0 Å². The molecule has 0 saturated carbocycles. The highest BCUT2D eigenvalue weighted by molar-refractivity contribution is 4.79. The summed E-state index contributed by atoms with van der Waals surface area (Å²) >= 11 is 0. The third-order valence-corrected chi connectivity index (χ3v) is 3.11. The second-order valence-corrected chi connectivity index (χ2v) is 4.26. The van der Waals surface area contributed by atoms with Crippen LogP contribution in [0.3, 0.4) is 0 Å². The van der Waals surface area contributed by atoms with Crippen LogP contribution in [0.5, 0.6) is 0 Å². The molecule has 2 fully saturated rings. The maximum absolute atomic E-state index is 5.40. The van der Waals surface area contributed by atoms with E-state index in [0.29, 0.717) is 0 Å². The lowest BCUT2D eigenvalue weighted by Crippen LogP contribution is -2.42. The van der Waals surface area contributed by atoms with E-state index < -0.39 is 0 Å². The van der Waals surface area contributed by atoms with E-state index in [9.17, 15) is 0 Å². The maximum Gasteiger partial charge on any atom is 0.0622 e. The number of ether oxygens (including phenoxy) is 1. The first-order valence-corrected chi connectivity index (χ1v) is 5.18. The predicted molar refractivity (Wildman–Crippen MR) is 49.2 cm³/mol. The Morgan fingerprint density at radius 3 is 2.92 bits per heavy atom. The van der Waals surface area contributed by atoms with Crippen molar-refractivity contribution in [2.75, 3.05) is 26.3 Å². The predicted octanol–water partition coefficient (Wildman–Crippen LogP) is 1.51. The Bertz CT molecular complexity index is 143. The number of piperidine rings is 1. The second kappa shape index (κ2) is 3.75. The SMILES string of the molecule is CC1CCCN([C@@H]2CCOC2)C1. The van der Waals surface area contributed by atoms with Gasteiger partial charge in [0, 0.05) is 19.2 Å². The average molecular weight is 169 g/mol. The Hall–Kier alpha value is -0.0800. The first-order valence-electron chi connectivity index (χ1n) is 5.18. The molecular weight excluding hydrogens is 150 g/mol. The molecule has 0 amide bonds. The lowest BCUT2D eigenvalue weighted by molar-refractivity contribution is 0.108. The molecule has 0 aromatic rings. The number of rotatable bonds is 1. The lowest BCUT2D eigenvalue weighted by Gasteiger charge is -2.34. The summed E-state index contributed by atoms with van der Waals surface area (Å²) in [5.41, 5.74) is 0. The van der Waals surface area contributed by atoms with Crippen molar-refractivity contribution in [2.45, 2.75) is 32.2 Å². The highest BCUT2D eigenvalue weighted by Gasteiger charge is 2.26. The van der Waals surface area contributed by atoms with Crippen LogP contribution in [0.4, 0.5) is 0 Å². The van der Waals surface area contributed by atoms with Crippen molar-refractivity contribution in [2.24, 2.45) is 5.92 Å². The van der Waals surface area contributed by atoms with Gasteiger partial charge in [0.1, 0.15) is 0 Å². The van der Waals surface area contributed by atoms with Crippen LogP contribution in [0.1, 0.15) is 26.2 Å². The molecular formula is C10H19NO. The van der Waals surface area contributed by atoms with Crippen LogP contribution in [-0.2, 0) is 4.74 Å². The quantitative estimate of drug-likeness (QED) is 0.590. The van der Waals surface area contributed by atoms with Crippen LogP contribution in [0.25, 0.3) is 0 Å². The van der Waals surface area contributed by atoms with E-state index in [1.165, 1.54) is 32.4 Å². The molecule has 70 valence electrons. The normalized spacial score (nSPS) is 38.8. The van der Waals surface area contributed by atoms with E-state index in [0.717, 1.165) is 25.2 Å². The largest absolute Gasteiger partial charge is 0.380 e. The molecule has 0 aliphatic carbocycles. The Morgan fingerprint density at radius 2 is 2.25 bits per heavy atom. The molecule has 0 aromatic heterocycles. The van der Waals surface area contributed by atoms with Gasteiger partial charge in [-0.2, -0.15) is 0 Å². The van der Waals surface area contributed by atoms with Gasteiger partial charge in [0.15, 0.2) is 0 Å². The van der Waals surface area contributed by atoms with Crippen molar-refractivity contribution in [3.8, 4) is 0 Å². The Balaban J connectivity index is 1.85. The van der Waals surface area contributed by atoms with Crippen LogP contribution in [0.2, 0.25) is 0 Å². The minimum absolute atomic E-state index is 0.743. The zero-order valence-corrected chi connectivity index (χ0v) is 7.96. The summed E-state index contributed by atoms with van der Waals surface area (Å²) in [5, 5.41) is 0. The minimum Gasteiger partial charge on any atom is -0.380 e. The van der Waals surface area contributed by atoms with Gasteiger partial charge in [-0.3, -0.25) is 4.90 Å². The molecule has 0 N–H and O–H groups in total. The van der Waals surface area contributed by atoms with E-state index in [-0.39, 0.29) is 0 Å². The molecule has 2 heterocycles. The first-order chi connectivity index (χ1) is 5.86. The van der Waals surface area contributed by atoms with E-state index in [1.54, 1.807) is 0 Å². The van der Waals surface area contributed by atoms with Crippen molar-refractivity contribution in [3.05, 3.63) is 0 Å². The molecule has 0 bridgehead atoms. The molecule has 1 unspecified atom stereocenters. The molecule has 2 aliphatic heterocycles. The molecule has 2 aliphatic rings. The number of likely N-dealkylation sites (tertiary alicyclic amines) is 1. The molecule has 0 spiro atoms. The van der Waals surface area contributed by atoms with E-state index >= 15 is 0 Å². The van der Waals surface area contributed by atoms with E-state index in [1.807, 2.05) is 0 Å². The summed E-state index contributed by atoms with van der Waals surface area (Å²) in [7, 11) is 0. The fourth-order valence-electron chi connectivity index (χ4n) is 2.37. The van der Waals surface area contributed by atoms with E-state index in [4.69, 9.17) is 4.74 Å². The van der Waals surface area contributed by atoms with Gasteiger partial charge >= 0.3 is 0 Å². The maximum atomic E-state index is 5.40. The zero-order chi connectivity index (χ0) is 8.39. The van der Waals surface area contributed by atoms with Gasteiger partial charge in [0.2, 0.25) is 0 Å². The van der Waals surface area contributed by atoms with Crippen LogP contribution >= 0.6 is 0 Å². The van der Waals surface area contributed by atoms with Crippen LogP contribution in [0, 0.1) is 5.92 Å². The number of nitrogens with zero attached hydrogens (tertiary/aromatic N) is 1. The van der Waals surface area contributed by atoms with Gasteiger partial charge in [-0.05, 0) is 31.7 Å². The number of hydrogen-bond acceptors (Lipinski definition) is 2. The summed E-state index contributed by atoms with van der Waals surface area (Å²) in [5.74, 6) is 0.902. The Morgan fingerprint density at radius 1 is 1.33 bits per heavy atom. The van der Waals surface area contributed by atoms with Gasteiger partial charge in [-0.25, -0.2) is 0 Å².